The van der Waals surface area contributed by atoms with Crippen molar-refractivity contribution < 1.29 is 40.2 Å². The summed E-state index contributed by atoms with van der Waals surface area (Å²) in [6.45, 7) is -0.112. The zero-order chi connectivity index (χ0) is 25.8. The van der Waals surface area contributed by atoms with E-state index in [9.17, 15) is 30.8 Å². The first-order valence-corrected chi connectivity index (χ1v) is 11.9. The summed E-state index contributed by atoms with van der Waals surface area (Å²) in [4.78, 5) is 12.5. The predicted octanol–water partition coefficient (Wildman–Crippen LogP) is 5.23. The fourth-order valence-corrected chi connectivity index (χ4v) is 4.41. The minimum atomic E-state index is -4.92. The van der Waals surface area contributed by atoms with Gasteiger partial charge in [0.05, 0.1) is 23.3 Å². The second-order valence-electron chi connectivity index (χ2n) is 6.95. The Labute approximate surface area is 206 Å². The highest BCUT2D eigenvalue weighted by molar-refractivity contribution is 9.10. The van der Waals surface area contributed by atoms with E-state index in [1.807, 2.05) is 0 Å². The lowest BCUT2D eigenvalue weighted by Gasteiger charge is -2.15. The molecule has 1 amide bonds. The third-order valence-electron chi connectivity index (χ3n) is 4.52. The van der Waals surface area contributed by atoms with Gasteiger partial charge in [-0.15, -0.1) is 13.2 Å². The molecule has 0 radical (unpaired) electrons. The number of ether oxygens (including phenoxy) is 2. The molecule has 0 unspecified atom stereocenters. The maximum absolute atomic E-state index is 13.6. The molecule has 35 heavy (non-hydrogen) atoms. The summed E-state index contributed by atoms with van der Waals surface area (Å²) >= 11 is 3.22. The van der Waals surface area contributed by atoms with Crippen LogP contribution in [0.15, 0.2) is 70.0 Å². The third-order valence-corrected chi connectivity index (χ3v) is 6.39. The maximum atomic E-state index is 13.6. The van der Waals surface area contributed by atoms with Crippen molar-refractivity contribution in [2.45, 2.75) is 17.8 Å². The second-order valence-corrected chi connectivity index (χ2v) is 9.55. The number of alkyl halides is 3. The molecule has 3 aromatic carbocycles. The van der Waals surface area contributed by atoms with Gasteiger partial charge in [0.25, 0.3) is 15.9 Å². The first-order chi connectivity index (χ1) is 16.4. The number of nitrogens with one attached hydrogen (secondary N) is 2. The molecule has 186 valence electrons. The highest BCUT2D eigenvalue weighted by atomic mass is 79.9. The predicted molar refractivity (Wildman–Crippen MR) is 122 cm³/mol. The Morgan fingerprint density at radius 3 is 2.34 bits per heavy atom. The van der Waals surface area contributed by atoms with Crippen LogP contribution >= 0.6 is 15.9 Å². The van der Waals surface area contributed by atoms with Gasteiger partial charge in [0, 0.05) is 16.6 Å². The number of hydrogen-bond acceptors (Lipinski definition) is 5. The van der Waals surface area contributed by atoms with Gasteiger partial charge in [-0.05, 0) is 60.7 Å². The van der Waals surface area contributed by atoms with Crippen molar-refractivity contribution in [1.82, 2.24) is 5.32 Å². The molecule has 2 N–H and O–H groups in total. The van der Waals surface area contributed by atoms with Crippen LogP contribution in [-0.4, -0.2) is 27.8 Å². The Bertz CT molecular complexity index is 1330. The number of methoxy groups -OCH3 is 1. The number of hydrogen-bond donors (Lipinski definition) is 2. The first kappa shape index (κ1) is 26.3. The van der Waals surface area contributed by atoms with Crippen LogP contribution in [-0.2, 0) is 16.6 Å². The van der Waals surface area contributed by atoms with Crippen LogP contribution in [0.5, 0.6) is 11.5 Å². The molecule has 0 aromatic heterocycles. The number of carbonyl (C=O) groups is 1. The van der Waals surface area contributed by atoms with Crippen LogP contribution < -0.4 is 19.5 Å². The Balaban J connectivity index is 1.81. The molecule has 0 aliphatic rings. The zero-order valence-corrected chi connectivity index (χ0v) is 20.2. The van der Waals surface area contributed by atoms with Gasteiger partial charge >= 0.3 is 6.36 Å². The van der Waals surface area contributed by atoms with Crippen molar-refractivity contribution >= 4 is 37.5 Å². The van der Waals surface area contributed by atoms with E-state index < -0.39 is 33.9 Å². The molecule has 3 aromatic rings. The van der Waals surface area contributed by atoms with E-state index in [0.717, 1.165) is 24.3 Å². The monoisotopic (exact) mass is 576 g/mol. The van der Waals surface area contributed by atoms with Gasteiger partial charge < -0.3 is 14.8 Å². The maximum Gasteiger partial charge on any atom is 0.573 e. The third kappa shape index (κ3) is 7.09. The van der Waals surface area contributed by atoms with Crippen molar-refractivity contribution in [3.05, 3.63) is 82.1 Å². The summed E-state index contributed by atoms with van der Waals surface area (Å²) in [6.07, 6.45) is -4.92. The summed E-state index contributed by atoms with van der Waals surface area (Å²) in [6, 6.07) is 11.5. The van der Waals surface area contributed by atoms with Gasteiger partial charge in [-0.25, -0.2) is 12.8 Å². The van der Waals surface area contributed by atoms with E-state index in [1.165, 1.54) is 43.5 Å². The van der Waals surface area contributed by atoms with Gasteiger partial charge in [0.2, 0.25) is 0 Å². The smallest absolute Gasteiger partial charge is 0.496 e. The van der Waals surface area contributed by atoms with Crippen molar-refractivity contribution in [2.75, 3.05) is 11.8 Å². The highest BCUT2D eigenvalue weighted by Gasteiger charge is 2.31. The Morgan fingerprint density at radius 2 is 1.71 bits per heavy atom. The number of sulfonamides is 1. The number of anilines is 1. The van der Waals surface area contributed by atoms with Gasteiger partial charge in [-0.3, -0.25) is 9.52 Å². The van der Waals surface area contributed by atoms with E-state index in [0.29, 0.717) is 15.8 Å². The van der Waals surface area contributed by atoms with Crippen LogP contribution in [0.1, 0.15) is 15.9 Å². The van der Waals surface area contributed by atoms with E-state index in [4.69, 9.17) is 4.74 Å². The first-order valence-electron chi connectivity index (χ1n) is 9.67. The lowest BCUT2D eigenvalue weighted by Crippen LogP contribution is -2.25. The van der Waals surface area contributed by atoms with E-state index in [1.54, 1.807) is 0 Å². The quantitative estimate of drug-likeness (QED) is 0.358. The summed E-state index contributed by atoms with van der Waals surface area (Å²) in [5, 5.41) is 2.58. The molecule has 3 rings (SSSR count). The summed E-state index contributed by atoms with van der Waals surface area (Å²) in [5.41, 5.74) is 0.210. The van der Waals surface area contributed by atoms with Crippen molar-refractivity contribution in [1.29, 1.82) is 0 Å². The van der Waals surface area contributed by atoms with E-state index >= 15 is 0 Å². The van der Waals surface area contributed by atoms with E-state index in [2.05, 4.69) is 30.7 Å². The lowest BCUT2D eigenvalue weighted by atomic mass is 10.1. The van der Waals surface area contributed by atoms with Gasteiger partial charge in [0.1, 0.15) is 17.3 Å². The van der Waals surface area contributed by atoms with Crippen molar-refractivity contribution in [3.8, 4) is 11.5 Å². The molecule has 0 saturated heterocycles. The molecule has 0 bridgehead atoms. The molecule has 0 heterocycles. The SMILES string of the molecule is COc1ccc(F)cc1CNC(=O)c1cc(Br)ccc1NS(=O)(=O)c1ccc(OC(F)(F)F)cc1. The molecule has 0 spiro atoms. The standard InChI is InChI=1S/C22H17BrF4N2O5S/c1-33-20-9-3-15(24)10-13(20)12-28-21(30)18-11-14(23)2-8-19(18)29-35(31,32)17-6-4-16(5-7-17)34-22(25,26)27/h2-11,29H,12H2,1H3,(H,28,30). The van der Waals surface area contributed by atoms with Crippen molar-refractivity contribution in [3.63, 3.8) is 0 Å². The average Bonchev–Trinajstić information content (AvgIpc) is 2.78. The molecule has 0 aliphatic heterocycles. The van der Waals surface area contributed by atoms with Crippen molar-refractivity contribution in [2.24, 2.45) is 0 Å². The molecule has 13 heteroatoms. The van der Waals surface area contributed by atoms with Gasteiger partial charge in [-0.1, -0.05) is 15.9 Å². The fraction of sp³-hybridized carbons (Fsp3) is 0.136. The molecule has 0 fully saturated rings. The number of rotatable bonds is 8. The summed E-state index contributed by atoms with van der Waals surface area (Å²) in [5.74, 6) is -1.45. The number of amides is 1. The topological polar surface area (TPSA) is 93.7 Å². The fourth-order valence-electron chi connectivity index (χ4n) is 2.97. The van der Waals surface area contributed by atoms with Crippen LogP contribution in [0.2, 0.25) is 0 Å². The Morgan fingerprint density at radius 1 is 1.03 bits per heavy atom. The number of carbonyl (C=O) groups excluding carboxylic acids is 1. The summed E-state index contributed by atoms with van der Waals surface area (Å²) < 4.78 is 87.7. The molecule has 0 saturated carbocycles. The number of benzene rings is 3. The second kappa shape index (κ2) is 10.5. The van der Waals surface area contributed by atoms with Crippen LogP contribution in [0.4, 0.5) is 23.2 Å². The minimum Gasteiger partial charge on any atom is -0.496 e. The largest absolute Gasteiger partial charge is 0.573 e. The molecule has 7 nitrogen and oxygen atoms in total. The Hall–Kier alpha value is -3.32. The molecule has 0 aliphatic carbocycles. The van der Waals surface area contributed by atoms with Gasteiger partial charge in [0.15, 0.2) is 0 Å². The number of halogens is 5. The molecular formula is C22H17BrF4N2O5S. The molecular weight excluding hydrogens is 560 g/mol. The summed E-state index contributed by atoms with van der Waals surface area (Å²) in [7, 11) is -2.89. The van der Waals surface area contributed by atoms with Crippen LogP contribution in [0.25, 0.3) is 0 Å². The van der Waals surface area contributed by atoms with Gasteiger partial charge in [-0.2, -0.15) is 0 Å². The van der Waals surface area contributed by atoms with E-state index in [-0.39, 0.29) is 22.7 Å². The van der Waals surface area contributed by atoms with Crippen LogP contribution in [0.3, 0.4) is 0 Å². The normalized spacial score (nSPS) is 11.6. The lowest BCUT2D eigenvalue weighted by molar-refractivity contribution is -0.274. The Kier molecular flexibility index (Phi) is 7.90. The highest BCUT2D eigenvalue weighted by Crippen LogP contribution is 2.27. The minimum absolute atomic E-state index is 0.0599. The van der Waals surface area contributed by atoms with Crippen LogP contribution in [0, 0.1) is 5.82 Å². The zero-order valence-electron chi connectivity index (χ0n) is 17.8. The average molecular weight is 577 g/mol. The molecule has 0 atom stereocenters.